The van der Waals surface area contributed by atoms with E-state index in [0.29, 0.717) is 38.0 Å². The van der Waals surface area contributed by atoms with Crippen molar-refractivity contribution in [1.82, 2.24) is 10.2 Å². The van der Waals surface area contributed by atoms with Crippen LogP contribution in [-0.4, -0.2) is 42.4 Å². The largest absolute Gasteiger partial charge is 0.352 e. The summed E-state index contributed by atoms with van der Waals surface area (Å²) in [6.45, 7) is 1.77. The van der Waals surface area contributed by atoms with Gasteiger partial charge in [-0.2, -0.15) is 11.3 Å². The summed E-state index contributed by atoms with van der Waals surface area (Å²) in [5, 5.41) is 6.54. The fourth-order valence-electron chi connectivity index (χ4n) is 3.18. The van der Waals surface area contributed by atoms with Crippen molar-refractivity contribution >= 4 is 35.6 Å². The zero-order chi connectivity index (χ0) is 17.6. The summed E-state index contributed by atoms with van der Waals surface area (Å²) < 4.78 is 0. The van der Waals surface area contributed by atoms with Gasteiger partial charge in [-0.05, 0) is 23.4 Å². The van der Waals surface area contributed by atoms with Gasteiger partial charge in [0.05, 0.1) is 0 Å². The Kier molecular flexibility index (Phi) is 7.63. The number of carbonyl (C=O) groups excluding carboxylic acids is 2. The lowest BCUT2D eigenvalue weighted by atomic mass is 9.95. The molecule has 0 spiro atoms. The van der Waals surface area contributed by atoms with Gasteiger partial charge in [0, 0.05) is 49.0 Å². The molecule has 26 heavy (non-hydrogen) atoms. The van der Waals surface area contributed by atoms with E-state index in [2.05, 4.69) is 17.4 Å². The van der Waals surface area contributed by atoms with E-state index in [1.54, 1.807) is 6.07 Å². The summed E-state index contributed by atoms with van der Waals surface area (Å²) in [4.78, 5) is 26.1. The molecule has 1 aliphatic heterocycles. The average molecular weight is 394 g/mol. The van der Waals surface area contributed by atoms with Crippen molar-refractivity contribution in [3.05, 3.63) is 58.3 Å². The fourth-order valence-corrected chi connectivity index (χ4v) is 3.82. The van der Waals surface area contributed by atoms with Crippen molar-refractivity contribution in [1.29, 1.82) is 0 Å². The summed E-state index contributed by atoms with van der Waals surface area (Å²) in [6, 6.07) is 11.9. The number of nitrogens with two attached hydrogens (primary N) is 1. The maximum absolute atomic E-state index is 12.4. The van der Waals surface area contributed by atoms with Crippen molar-refractivity contribution < 1.29 is 9.59 Å². The lowest BCUT2D eigenvalue weighted by Crippen LogP contribution is -2.32. The van der Waals surface area contributed by atoms with Gasteiger partial charge in [0.2, 0.25) is 5.91 Å². The molecule has 7 heteroatoms. The molecule has 5 nitrogen and oxygen atoms in total. The lowest BCUT2D eigenvalue weighted by molar-refractivity contribution is -0.130. The number of likely N-dealkylation sites (tertiary alicyclic amines) is 1. The predicted octanol–water partition coefficient (Wildman–Crippen LogP) is 2.63. The molecule has 140 valence electrons. The highest BCUT2D eigenvalue weighted by Gasteiger charge is 2.33. The summed E-state index contributed by atoms with van der Waals surface area (Å²) in [7, 11) is 0. The normalized spacial score (nSPS) is 19.0. The number of benzene rings is 1. The Morgan fingerprint density at radius 3 is 2.65 bits per heavy atom. The molecule has 3 rings (SSSR count). The number of nitrogens with zero attached hydrogens (tertiary/aromatic N) is 1. The molecular weight excluding hydrogens is 370 g/mol. The molecule has 2 heterocycles. The van der Waals surface area contributed by atoms with Gasteiger partial charge >= 0.3 is 0 Å². The Balaban J connectivity index is 0.00000243. The Hall–Kier alpha value is -1.89. The Morgan fingerprint density at radius 1 is 1.19 bits per heavy atom. The summed E-state index contributed by atoms with van der Waals surface area (Å²) in [5.74, 6) is 0.225. The topological polar surface area (TPSA) is 75.4 Å². The molecule has 1 aromatic heterocycles. The summed E-state index contributed by atoms with van der Waals surface area (Å²) in [5.41, 5.74) is 8.10. The smallest absolute Gasteiger partial charge is 0.252 e. The third-order valence-corrected chi connectivity index (χ3v) is 5.27. The van der Waals surface area contributed by atoms with E-state index in [9.17, 15) is 9.59 Å². The van der Waals surface area contributed by atoms with Crippen LogP contribution < -0.4 is 11.1 Å². The Labute approximate surface area is 164 Å². The summed E-state index contributed by atoms with van der Waals surface area (Å²) >= 11 is 1.49. The first kappa shape index (κ1) is 20.4. The molecule has 3 N–H and O–H groups in total. The number of thiophene rings is 1. The minimum Gasteiger partial charge on any atom is -0.352 e. The van der Waals surface area contributed by atoms with Crippen LogP contribution in [0.3, 0.4) is 0 Å². The van der Waals surface area contributed by atoms with E-state index in [-0.39, 0.29) is 36.2 Å². The number of halogens is 1. The second kappa shape index (κ2) is 9.71. The molecule has 0 unspecified atom stereocenters. The number of hydrogen-bond acceptors (Lipinski definition) is 4. The maximum atomic E-state index is 12.4. The molecule has 2 aromatic rings. The van der Waals surface area contributed by atoms with Gasteiger partial charge in [-0.3, -0.25) is 9.59 Å². The van der Waals surface area contributed by atoms with E-state index in [4.69, 9.17) is 5.73 Å². The second-order valence-electron chi connectivity index (χ2n) is 6.35. The minimum absolute atomic E-state index is 0. The molecule has 0 bridgehead atoms. The van der Waals surface area contributed by atoms with Gasteiger partial charge in [-0.1, -0.05) is 30.3 Å². The molecule has 2 amide bonds. The van der Waals surface area contributed by atoms with Crippen LogP contribution in [0.1, 0.15) is 34.7 Å². The van der Waals surface area contributed by atoms with E-state index >= 15 is 0 Å². The third-order valence-electron chi connectivity index (χ3n) is 4.58. The van der Waals surface area contributed by atoms with Gasteiger partial charge < -0.3 is 16.0 Å². The Morgan fingerprint density at radius 2 is 1.96 bits per heavy atom. The van der Waals surface area contributed by atoms with Crippen LogP contribution in [-0.2, 0) is 4.79 Å². The molecule has 0 aliphatic carbocycles. The van der Waals surface area contributed by atoms with Crippen LogP contribution in [0.15, 0.2) is 47.2 Å². The van der Waals surface area contributed by atoms with Crippen LogP contribution in [0.4, 0.5) is 0 Å². The van der Waals surface area contributed by atoms with Crippen molar-refractivity contribution in [2.24, 2.45) is 5.73 Å². The van der Waals surface area contributed by atoms with Gasteiger partial charge in [0.15, 0.2) is 0 Å². The first-order chi connectivity index (χ1) is 12.1. The lowest BCUT2D eigenvalue weighted by Gasteiger charge is -2.16. The highest BCUT2D eigenvalue weighted by Crippen LogP contribution is 2.26. The molecule has 2 atom stereocenters. The predicted molar refractivity (Wildman–Crippen MR) is 107 cm³/mol. The third kappa shape index (κ3) is 5.06. The average Bonchev–Trinajstić information content (AvgIpc) is 3.29. The molecule has 1 saturated heterocycles. The molecular formula is C19H24ClN3O2S. The van der Waals surface area contributed by atoms with E-state index in [0.717, 1.165) is 0 Å². The second-order valence-corrected chi connectivity index (χ2v) is 7.13. The van der Waals surface area contributed by atoms with Crippen LogP contribution in [0.25, 0.3) is 0 Å². The standard InChI is InChI=1S/C19H23N3O2S.ClH/c20-17-12-22(11-16(17)14-5-2-1-3-6-14)18(23)7-4-9-21-19(24)15-8-10-25-13-15;/h1-3,5-6,8,10,13,16-17H,4,7,9,11-12,20H2,(H,21,24);1H/t16-,17+;/m0./s1. The first-order valence-corrected chi connectivity index (χ1v) is 9.48. The number of hydrogen-bond donors (Lipinski definition) is 2. The van der Waals surface area contributed by atoms with E-state index in [1.165, 1.54) is 16.9 Å². The van der Waals surface area contributed by atoms with E-state index < -0.39 is 0 Å². The van der Waals surface area contributed by atoms with Crippen molar-refractivity contribution in [3.63, 3.8) is 0 Å². The molecule has 1 aliphatic rings. The van der Waals surface area contributed by atoms with Gasteiger partial charge in [-0.25, -0.2) is 0 Å². The van der Waals surface area contributed by atoms with Crippen LogP contribution in [0.2, 0.25) is 0 Å². The van der Waals surface area contributed by atoms with Crippen LogP contribution in [0, 0.1) is 0 Å². The first-order valence-electron chi connectivity index (χ1n) is 8.54. The molecule has 1 aromatic carbocycles. The molecule has 0 radical (unpaired) electrons. The fraction of sp³-hybridized carbons (Fsp3) is 0.368. The molecule has 1 fully saturated rings. The number of nitrogens with one attached hydrogen (secondary N) is 1. The highest BCUT2D eigenvalue weighted by atomic mass is 35.5. The zero-order valence-corrected chi connectivity index (χ0v) is 16.1. The van der Waals surface area contributed by atoms with Crippen LogP contribution in [0.5, 0.6) is 0 Å². The van der Waals surface area contributed by atoms with Crippen molar-refractivity contribution in [2.45, 2.75) is 24.8 Å². The summed E-state index contributed by atoms with van der Waals surface area (Å²) in [6.07, 6.45) is 1.06. The SMILES string of the molecule is Cl.N[C@@H]1CN(C(=O)CCCNC(=O)c2ccsc2)C[C@H]1c1ccccc1. The van der Waals surface area contributed by atoms with Gasteiger partial charge in [-0.15, -0.1) is 12.4 Å². The van der Waals surface area contributed by atoms with E-state index in [1.807, 2.05) is 33.9 Å². The Bertz CT molecular complexity index is 709. The van der Waals surface area contributed by atoms with Crippen LogP contribution >= 0.6 is 23.7 Å². The highest BCUT2D eigenvalue weighted by molar-refractivity contribution is 7.08. The number of amides is 2. The number of rotatable bonds is 6. The van der Waals surface area contributed by atoms with Crippen molar-refractivity contribution in [3.8, 4) is 0 Å². The zero-order valence-electron chi connectivity index (χ0n) is 14.5. The van der Waals surface area contributed by atoms with Gasteiger partial charge in [0.25, 0.3) is 5.91 Å². The quantitative estimate of drug-likeness (QED) is 0.741. The molecule has 0 saturated carbocycles. The number of carbonyl (C=O) groups is 2. The monoisotopic (exact) mass is 393 g/mol. The maximum Gasteiger partial charge on any atom is 0.252 e. The van der Waals surface area contributed by atoms with Crippen molar-refractivity contribution in [2.75, 3.05) is 19.6 Å². The van der Waals surface area contributed by atoms with Gasteiger partial charge in [0.1, 0.15) is 0 Å². The minimum atomic E-state index is -0.0824.